The van der Waals surface area contributed by atoms with Gasteiger partial charge in [-0.25, -0.2) is 0 Å². The highest BCUT2D eigenvalue weighted by molar-refractivity contribution is 4.91. The van der Waals surface area contributed by atoms with Crippen molar-refractivity contribution in [2.24, 2.45) is 5.92 Å². The number of likely N-dealkylation sites (tertiary alicyclic amines) is 2. The number of rotatable bonds is 4. The van der Waals surface area contributed by atoms with E-state index in [0.717, 1.165) is 18.5 Å². The summed E-state index contributed by atoms with van der Waals surface area (Å²) in [6.07, 6.45) is 7.67. The molecule has 2 aliphatic rings. The summed E-state index contributed by atoms with van der Waals surface area (Å²) in [5.74, 6) is 0.876. The minimum absolute atomic E-state index is 0.308. The molecular weight excluding hydrogens is 212 g/mol. The molecule has 3 nitrogen and oxygen atoms in total. The number of hydrogen-bond donors (Lipinski definition) is 1. The lowest BCUT2D eigenvalue weighted by Crippen LogP contribution is -2.48. The van der Waals surface area contributed by atoms with Crippen molar-refractivity contribution in [1.29, 1.82) is 0 Å². The largest absolute Gasteiger partial charge is 0.395 e. The monoisotopic (exact) mass is 239 g/mol. The molecule has 1 radical (unpaired) electrons. The van der Waals surface area contributed by atoms with Crippen LogP contribution in [0.2, 0.25) is 0 Å². The van der Waals surface area contributed by atoms with Gasteiger partial charge in [0.2, 0.25) is 0 Å². The number of aliphatic hydroxyl groups is 1. The fraction of sp³-hybridized carbons (Fsp3) is 0.929. The molecule has 0 bridgehead atoms. The van der Waals surface area contributed by atoms with Crippen LogP contribution in [0.25, 0.3) is 0 Å². The molecule has 0 aromatic heterocycles. The van der Waals surface area contributed by atoms with Crippen molar-refractivity contribution in [1.82, 2.24) is 9.80 Å². The van der Waals surface area contributed by atoms with E-state index in [1.165, 1.54) is 51.9 Å². The Bertz CT molecular complexity index is 214. The minimum atomic E-state index is 0.308. The lowest BCUT2D eigenvalue weighted by molar-refractivity contribution is 0.0709. The van der Waals surface area contributed by atoms with Gasteiger partial charge in [-0.15, -0.1) is 0 Å². The van der Waals surface area contributed by atoms with E-state index < -0.39 is 0 Å². The highest BCUT2D eigenvalue weighted by Crippen LogP contribution is 2.29. The van der Waals surface area contributed by atoms with Crippen LogP contribution in [0.1, 0.15) is 32.6 Å². The Labute approximate surface area is 106 Å². The van der Waals surface area contributed by atoms with Gasteiger partial charge in [0.15, 0.2) is 0 Å². The Kier molecular flexibility index (Phi) is 5.26. The average molecular weight is 239 g/mol. The first-order valence-electron chi connectivity index (χ1n) is 7.24. The second-order valence-electron chi connectivity index (χ2n) is 5.41. The molecule has 1 unspecified atom stereocenters. The number of β-amino-alcohol motifs (C(OH)–C–C–N with tert-alkyl or cyclic N) is 1. The Morgan fingerprint density at radius 1 is 1.24 bits per heavy atom. The van der Waals surface area contributed by atoms with Gasteiger partial charge in [-0.3, -0.25) is 0 Å². The van der Waals surface area contributed by atoms with E-state index in [1.807, 2.05) is 0 Å². The first-order chi connectivity index (χ1) is 8.35. The number of aliphatic hydroxyl groups excluding tert-OH is 1. The zero-order valence-electron chi connectivity index (χ0n) is 11.1. The standard InChI is InChI=1S/C14H27N2O/c1-2-16-8-4-3-5-14(16)13-6-9-15(10-7-13)11-12-17/h3,13-14,17H,2,4-12H2,1H3. The Hall–Kier alpha value is -0.120. The average Bonchev–Trinajstić information content (AvgIpc) is 2.40. The van der Waals surface area contributed by atoms with Crippen molar-refractivity contribution in [2.75, 3.05) is 39.3 Å². The number of nitrogens with zero attached hydrogens (tertiary/aromatic N) is 2. The van der Waals surface area contributed by atoms with E-state index in [9.17, 15) is 0 Å². The molecule has 2 heterocycles. The van der Waals surface area contributed by atoms with Crippen LogP contribution in [0.5, 0.6) is 0 Å². The van der Waals surface area contributed by atoms with Crippen molar-refractivity contribution in [3.05, 3.63) is 6.42 Å². The molecule has 0 aromatic rings. The van der Waals surface area contributed by atoms with E-state index in [-0.39, 0.29) is 0 Å². The fourth-order valence-electron chi connectivity index (χ4n) is 3.45. The molecule has 2 saturated heterocycles. The summed E-state index contributed by atoms with van der Waals surface area (Å²) in [6.45, 7) is 8.29. The molecule has 0 amide bonds. The van der Waals surface area contributed by atoms with E-state index in [1.54, 1.807) is 0 Å². The smallest absolute Gasteiger partial charge is 0.0558 e. The summed E-state index contributed by atoms with van der Waals surface area (Å²) in [5.41, 5.74) is 0. The van der Waals surface area contributed by atoms with E-state index >= 15 is 0 Å². The third kappa shape index (κ3) is 3.43. The quantitative estimate of drug-likeness (QED) is 0.803. The summed E-state index contributed by atoms with van der Waals surface area (Å²) in [7, 11) is 0. The van der Waals surface area contributed by atoms with Crippen molar-refractivity contribution in [3.8, 4) is 0 Å². The van der Waals surface area contributed by atoms with Crippen LogP contribution >= 0.6 is 0 Å². The van der Waals surface area contributed by atoms with E-state index in [4.69, 9.17) is 5.11 Å². The zero-order chi connectivity index (χ0) is 12.1. The second kappa shape index (κ2) is 6.72. The summed E-state index contributed by atoms with van der Waals surface area (Å²) in [6, 6.07) is 0.796. The molecule has 3 heteroatoms. The third-order valence-corrected chi connectivity index (χ3v) is 4.50. The molecule has 1 N–H and O–H groups in total. The maximum Gasteiger partial charge on any atom is 0.0558 e. The summed E-state index contributed by atoms with van der Waals surface area (Å²) >= 11 is 0. The summed E-state index contributed by atoms with van der Waals surface area (Å²) in [5, 5.41) is 8.96. The van der Waals surface area contributed by atoms with Crippen molar-refractivity contribution in [2.45, 2.75) is 38.6 Å². The zero-order valence-corrected chi connectivity index (χ0v) is 11.1. The predicted molar refractivity (Wildman–Crippen MR) is 70.8 cm³/mol. The number of hydrogen-bond acceptors (Lipinski definition) is 3. The van der Waals surface area contributed by atoms with Crippen LogP contribution in [-0.4, -0.2) is 60.3 Å². The Morgan fingerprint density at radius 2 is 2.00 bits per heavy atom. The number of piperidine rings is 2. The van der Waals surface area contributed by atoms with Crippen LogP contribution in [0, 0.1) is 12.3 Å². The molecular formula is C14H27N2O. The normalized spacial score (nSPS) is 29.6. The van der Waals surface area contributed by atoms with Gasteiger partial charge in [-0.1, -0.05) is 6.92 Å². The molecule has 0 aromatic carbocycles. The van der Waals surface area contributed by atoms with Crippen LogP contribution < -0.4 is 0 Å². The summed E-state index contributed by atoms with van der Waals surface area (Å²) < 4.78 is 0. The first kappa shape index (κ1) is 13.3. The van der Waals surface area contributed by atoms with Crippen molar-refractivity contribution in [3.63, 3.8) is 0 Å². The molecule has 2 rings (SSSR count). The van der Waals surface area contributed by atoms with Gasteiger partial charge in [-0.05, 0) is 64.2 Å². The highest BCUT2D eigenvalue weighted by atomic mass is 16.3. The van der Waals surface area contributed by atoms with Crippen LogP contribution in [0.3, 0.4) is 0 Å². The van der Waals surface area contributed by atoms with Gasteiger partial charge in [0.25, 0.3) is 0 Å². The Morgan fingerprint density at radius 3 is 2.65 bits per heavy atom. The third-order valence-electron chi connectivity index (χ3n) is 4.50. The lowest BCUT2D eigenvalue weighted by atomic mass is 9.83. The topological polar surface area (TPSA) is 26.7 Å². The minimum Gasteiger partial charge on any atom is -0.395 e. The Balaban J connectivity index is 1.82. The SMILES string of the molecule is CCN1CC[CH]CC1C1CCN(CCO)CC1. The van der Waals surface area contributed by atoms with Gasteiger partial charge < -0.3 is 14.9 Å². The molecule has 2 fully saturated rings. The second-order valence-corrected chi connectivity index (χ2v) is 5.41. The van der Waals surface area contributed by atoms with Crippen LogP contribution in [0.15, 0.2) is 0 Å². The van der Waals surface area contributed by atoms with Gasteiger partial charge in [-0.2, -0.15) is 0 Å². The molecule has 0 spiro atoms. The predicted octanol–water partition coefficient (Wildman–Crippen LogP) is 1.38. The van der Waals surface area contributed by atoms with Crippen molar-refractivity contribution >= 4 is 0 Å². The summed E-state index contributed by atoms with van der Waals surface area (Å²) in [4.78, 5) is 5.08. The van der Waals surface area contributed by atoms with Gasteiger partial charge in [0, 0.05) is 12.6 Å². The van der Waals surface area contributed by atoms with Crippen LogP contribution in [0.4, 0.5) is 0 Å². The molecule has 1 atom stereocenters. The van der Waals surface area contributed by atoms with Crippen molar-refractivity contribution < 1.29 is 5.11 Å². The molecule has 0 saturated carbocycles. The van der Waals surface area contributed by atoms with Crippen LogP contribution in [-0.2, 0) is 0 Å². The highest BCUT2D eigenvalue weighted by Gasteiger charge is 2.31. The molecule has 2 aliphatic heterocycles. The maximum atomic E-state index is 8.96. The molecule has 0 aliphatic carbocycles. The fourth-order valence-corrected chi connectivity index (χ4v) is 3.45. The first-order valence-corrected chi connectivity index (χ1v) is 7.24. The van der Waals surface area contributed by atoms with E-state index in [0.29, 0.717) is 6.61 Å². The molecule has 99 valence electrons. The maximum absolute atomic E-state index is 8.96. The lowest BCUT2D eigenvalue weighted by Gasteiger charge is -2.43. The van der Waals surface area contributed by atoms with Gasteiger partial charge in [0.05, 0.1) is 6.61 Å². The van der Waals surface area contributed by atoms with Gasteiger partial charge in [0.1, 0.15) is 0 Å². The van der Waals surface area contributed by atoms with Gasteiger partial charge >= 0.3 is 0 Å². The van der Waals surface area contributed by atoms with E-state index in [2.05, 4.69) is 23.1 Å². The molecule has 17 heavy (non-hydrogen) atoms.